The van der Waals surface area contributed by atoms with Crippen molar-refractivity contribution in [3.8, 4) is 0 Å². The number of amides is 2. The molecule has 0 atom stereocenters. The number of aromatic nitrogens is 2. The van der Waals surface area contributed by atoms with Crippen LogP contribution in [0, 0.1) is 5.82 Å². The smallest absolute Gasteiger partial charge is 0.259 e. The van der Waals surface area contributed by atoms with Crippen molar-refractivity contribution in [3.05, 3.63) is 71.8 Å². The summed E-state index contributed by atoms with van der Waals surface area (Å²) in [5, 5.41) is 3.84. The largest absolute Gasteiger partial charge is 0.361 e. The summed E-state index contributed by atoms with van der Waals surface area (Å²) in [6.07, 6.45) is 4.27. The van der Waals surface area contributed by atoms with E-state index in [0.717, 1.165) is 22.8 Å². The van der Waals surface area contributed by atoms with Crippen molar-refractivity contribution in [1.82, 2.24) is 14.9 Å². The number of carbonyl (C=O) groups is 2. The molecular weight excluding hydrogens is 383 g/mol. The number of nitrogens with two attached hydrogens (primary N) is 1. The number of benzene rings is 2. The third kappa shape index (κ3) is 2.74. The van der Waals surface area contributed by atoms with Crippen LogP contribution in [0.15, 0.2) is 54.9 Å². The minimum absolute atomic E-state index is 0.256. The number of fused-ring (bicyclic) bond motifs is 2. The van der Waals surface area contributed by atoms with E-state index in [-0.39, 0.29) is 5.57 Å². The highest BCUT2D eigenvalue weighted by Gasteiger charge is 2.35. The minimum atomic E-state index is -0.484. The summed E-state index contributed by atoms with van der Waals surface area (Å²) in [5.74, 6) is -1.35. The first-order valence-electron chi connectivity index (χ1n) is 9.73. The van der Waals surface area contributed by atoms with E-state index < -0.39 is 17.6 Å². The Bertz CT molecular complexity index is 1360. The van der Waals surface area contributed by atoms with Crippen molar-refractivity contribution >= 4 is 44.8 Å². The SMILES string of the molecule is NCCCn1cc(C2=C(c3c[nH]c4ccccc34)C(=O)NC2=O)c2cc(F)ccc21. The summed E-state index contributed by atoms with van der Waals surface area (Å²) in [4.78, 5) is 28.8. The maximum atomic E-state index is 14.1. The molecule has 150 valence electrons. The summed E-state index contributed by atoms with van der Waals surface area (Å²) >= 11 is 0. The zero-order valence-corrected chi connectivity index (χ0v) is 16.0. The first-order valence-corrected chi connectivity index (χ1v) is 9.73. The van der Waals surface area contributed by atoms with Gasteiger partial charge >= 0.3 is 0 Å². The molecule has 0 radical (unpaired) electrons. The normalized spacial score (nSPS) is 14.3. The average Bonchev–Trinajstić information content (AvgIpc) is 3.39. The molecule has 3 heterocycles. The van der Waals surface area contributed by atoms with Crippen molar-refractivity contribution in [2.75, 3.05) is 6.54 Å². The van der Waals surface area contributed by atoms with Gasteiger partial charge in [0.05, 0.1) is 11.1 Å². The van der Waals surface area contributed by atoms with Crippen LogP contribution < -0.4 is 11.1 Å². The zero-order chi connectivity index (χ0) is 20.8. The predicted molar refractivity (Wildman–Crippen MR) is 114 cm³/mol. The fourth-order valence-electron chi connectivity index (χ4n) is 4.16. The lowest BCUT2D eigenvalue weighted by molar-refractivity contribution is -0.122. The Balaban J connectivity index is 1.80. The van der Waals surface area contributed by atoms with Gasteiger partial charge in [0, 0.05) is 51.9 Å². The molecule has 0 spiro atoms. The number of nitrogens with one attached hydrogen (secondary N) is 2. The second kappa shape index (κ2) is 6.96. The van der Waals surface area contributed by atoms with Gasteiger partial charge in [0.1, 0.15) is 5.82 Å². The Morgan fingerprint density at radius 3 is 2.53 bits per heavy atom. The molecule has 2 aromatic heterocycles. The molecule has 0 fully saturated rings. The number of H-pyrrole nitrogens is 1. The Morgan fingerprint density at radius 2 is 1.73 bits per heavy atom. The van der Waals surface area contributed by atoms with Crippen LogP contribution in [0.2, 0.25) is 0 Å². The Kier molecular flexibility index (Phi) is 4.25. The third-order valence-corrected chi connectivity index (χ3v) is 5.51. The van der Waals surface area contributed by atoms with Crippen molar-refractivity contribution < 1.29 is 14.0 Å². The van der Waals surface area contributed by atoms with E-state index in [1.807, 2.05) is 35.0 Å². The molecule has 0 bridgehead atoms. The Morgan fingerprint density at radius 1 is 0.967 bits per heavy atom. The lowest BCUT2D eigenvalue weighted by atomic mass is 9.95. The van der Waals surface area contributed by atoms with Crippen LogP contribution >= 0.6 is 0 Å². The van der Waals surface area contributed by atoms with Crippen molar-refractivity contribution in [2.45, 2.75) is 13.0 Å². The molecule has 1 aliphatic heterocycles. The third-order valence-electron chi connectivity index (χ3n) is 5.51. The van der Waals surface area contributed by atoms with Crippen molar-refractivity contribution in [2.24, 2.45) is 5.73 Å². The van der Waals surface area contributed by atoms with Crippen molar-refractivity contribution in [1.29, 1.82) is 0 Å². The monoisotopic (exact) mass is 402 g/mol. The molecule has 0 saturated heterocycles. The number of aryl methyl sites for hydroxylation is 1. The highest BCUT2D eigenvalue weighted by atomic mass is 19.1. The van der Waals surface area contributed by atoms with Gasteiger partial charge in [-0.3, -0.25) is 14.9 Å². The highest BCUT2D eigenvalue weighted by Crippen LogP contribution is 2.38. The van der Waals surface area contributed by atoms with E-state index in [1.54, 1.807) is 12.3 Å². The van der Waals surface area contributed by atoms with Crippen LogP contribution in [-0.4, -0.2) is 27.9 Å². The molecule has 2 amide bonds. The van der Waals surface area contributed by atoms with E-state index in [0.29, 0.717) is 35.2 Å². The molecule has 30 heavy (non-hydrogen) atoms. The first-order chi connectivity index (χ1) is 14.6. The second-order valence-electron chi connectivity index (χ2n) is 7.32. The average molecular weight is 402 g/mol. The minimum Gasteiger partial charge on any atom is -0.361 e. The lowest BCUT2D eigenvalue weighted by Gasteiger charge is -2.03. The molecule has 4 aromatic rings. The van der Waals surface area contributed by atoms with Gasteiger partial charge < -0.3 is 15.3 Å². The number of halogens is 1. The number of imide groups is 1. The van der Waals surface area contributed by atoms with Gasteiger partial charge in [0.2, 0.25) is 0 Å². The zero-order valence-electron chi connectivity index (χ0n) is 16.0. The van der Waals surface area contributed by atoms with E-state index in [9.17, 15) is 14.0 Å². The van der Waals surface area contributed by atoms with Gasteiger partial charge in [-0.15, -0.1) is 0 Å². The maximum Gasteiger partial charge on any atom is 0.259 e. The Labute approximate surface area is 171 Å². The summed E-state index contributed by atoms with van der Waals surface area (Å²) < 4.78 is 16.1. The standard InChI is InChI=1S/C23H19FN4O2/c24-13-6-7-19-15(10-13)17(12-28(19)9-3-8-25)21-20(22(29)27-23(21)30)16-11-26-18-5-2-1-4-14(16)18/h1-2,4-7,10-12,26H,3,8-9,25H2,(H,27,29,30). The Hall–Kier alpha value is -3.71. The molecule has 1 aliphatic rings. The predicted octanol–water partition coefficient (Wildman–Crippen LogP) is 3.18. The number of hydrogen-bond donors (Lipinski definition) is 3. The van der Waals surface area contributed by atoms with Crippen LogP contribution in [0.25, 0.3) is 33.0 Å². The fourth-order valence-corrected chi connectivity index (χ4v) is 4.16. The van der Waals surface area contributed by atoms with Crippen LogP contribution in [0.3, 0.4) is 0 Å². The summed E-state index contributed by atoms with van der Waals surface area (Å²) in [5.41, 5.74) is 9.03. The van der Waals surface area contributed by atoms with Gasteiger partial charge in [-0.2, -0.15) is 0 Å². The number of aromatic amines is 1. The summed E-state index contributed by atoms with van der Waals surface area (Å²) in [6, 6.07) is 12.0. The van der Waals surface area contributed by atoms with Crippen LogP contribution in [0.1, 0.15) is 17.5 Å². The van der Waals surface area contributed by atoms with E-state index in [1.165, 1.54) is 12.1 Å². The van der Waals surface area contributed by atoms with Gasteiger partial charge in [-0.1, -0.05) is 18.2 Å². The van der Waals surface area contributed by atoms with Crippen LogP contribution in [-0.2, 0) is 16.1 Å². The van der Waals surface area contributed by atoms with E-state index >= 15 is 0 Å². The van der Waals surface area contributed by atoms with Gasteiger partial charge in [-0.05, 0) is 37.2 Å². The highest BCUT2D eigenvalue weighted by molar-refractivity contribution is 6.50. The number of rotatable bonds is 5. The molecular formula is C23H19FN4O2. The molecule has 0 aliphatic carbocycles. The maximum absolute atomic E-state index is 14.1. The van der Waals surface area contributed by atoms with Crippen LogP contribution in [0.4, 0.5) is 4.39 Å². The molecule has 0 saturated carbocycles. The molecule has 7 heteroatoms. The molecule has 5 rings (SSSR count). The molecule has 4 N–H and O–H groups in total. The van der Waals surface area contributed by atoms with Gasteiger partial charge in [0.15, 0.2) is 0 Å². The molecule has 0 unspecified atom stereocenters. The summed E-state index contributed by atoms with van der Waals surface area (Å²) in [7, 11) is 0. The number of nitrogens with zero attached hydrogens (tertiary/aromatic N) is 1. The van der Waals surface area contributed by atoms with Gasteiger partial charge in [-0.25, -0.2) is 4.39 Å². The number of hydrogen-bond acceptors (Lipinski definition) is 3. The van der Waals surface area contributed by atoms with Crippen molar-refractivity contribution in [3.63, 3.8) is 0 Å². The fraction of sp³-hybridized carbons (Fsp3) is 0.130. The van der Waals surface area contributed by atoms with E-state index in [4.69, 9.17) is 5.73 Å². The topological polar surface area (TPSA) is 92.9 Å². The quantitative estimate of drug-likeness (QED) is 0.448. The van der Waals surface area contributed by atoms with E-state index in [2.05, 4.69) is 10.3 Å². The molecule has 6 nitrogen and oxygen atoms in total. The number of para-hydroxylation sites is 1. The lowest BCUT2D eigenvalue weighted by Crippen LogP contribution is -2.22. The first kappa shape index (κ1) is 18.3. The van der Waals surface area contributed by atoms with Crippen LogP contribution in [0.5, 0.6) is 0 Å². The number of carbonyl (C=O) groups excluding carboxylic acids is 2. The van der Waals surface area contributed by atoms with Gasteiger partial charge in [0.25, 0.3) is 11.8 Å². The summed E-state index contributed by atoms with van der Waals surface area (Å²) in [6.45, 7) is 1.14. The second-order valence-corrected chi connectivity index (χ2v) is 7.32. The molecule has 2 aromatic carbocycles.